The summed E-state index contributed by atoms with van der Waals surface area (Å²) in [4.78, 5) is 26.1. The van der Waals surface area contributed by atoms with Crippen molar-refractivity contribution in [2.24, 2.45) is 0 Å². The van der Waals surface area contributed by atoms with Gasteiger partial charge in [-0.15, -0.1) is 11.3 Å². The van der Waals surface area contributed by atoms with Crippen LogP contribution < -0.4 is 9.64 Å². The normalized spacial score (nSPS) is 17.3. The van der Waals surface area contributed by atoms with Gasteiger partial charge in [-0.05, 0) is 17.9 Å². The molecule has 3 heterocycles. The van der Waals surface area contributed by atoms with Crippen LogP contribution in [0.25, 0.3) is 0 Å². The van der Waals surface area contributed by atoms with Crippen LogP contribution in [0.1, 0.15) is 11.3 Å². The Morgan fingerprint density at radius 3 is 3.04 bits per heavy atom. The molecular formula is C16H20N4O2S. The van der Waals surface area contributed by atoms with Crippen LogP contribution in [-0.4, -0.2) is 54.1 Å². The molecule has 7 heteroatoms. The fourth-order valence-corrected chi connectivity index (χ4v) is 3.52. The molecule has 0 N–H and O–H groups in total. The molecule has 0 saturated carbocycles. The number of hydrogen-bond acceptors (Lipinski definition) is 6. The van der Waals surface area contributed by atoms with E-state index in [1.165, 1.54) is 0 Å². The minimum absolute atomic E-state index is 0.158. The van der Waals surface area contributed by atoms with Crippen LogP contribution in [0.5, 0.6) is 5.88 Å². The van der Waals surface area contributed by atoms with Gasteiger partial charge in [-0.25, -0.2) is 9.97 Å². The molecule has 2 aromatic rings. The zero-order valence-corrected chi connectivity index (χ0v) is 14.1. The van der Waals surface area contributed by atoms with Gasteiger partial charge in [0.1, 0.15) is 0 Å². The average Bonchev–Trinajstić information content (AvgIpc) is 3.25. The first-order valence-corrected chi connectivity index (χ1v) is 8.45. The zero-order valence-electron chi connectivity index (χ0n) is 13.3. The lowest BCUT2D eigenvalue weighted by Crippen LogP contribution is -2.39. The van der Waals surface area contributed by atoms with Crippen molar-refractivity contribution in [1.82, 2.24) is 14.9 Å². The van der Waals surface area contributed by atoms with Crippen molar-refractivity contribution in [2.75, 3.05) is 32.1 Å². The summed E-state index contributed by atoms with van der Waals surface area (Å²) in [5.74, 6) is 1.43. The van der Waals surface area contributed by atoms with Gasteiger partial charge < -0.3 is 14.5 Å². The van der Waals surface area contributed by atoms with E-state index in [2.05, 4.69) is 14.9 Å². The number of aromatic nitrogens is 2. The highest BCUT2D eigenvalue weighted by molar-refractivity contribution is 7.10. The molecule has 0 aliphatic carbocycles. The third kappa shape index (κ3) is 3.44. The van der Waals surface area contributed by atoms with E-state index >= 15 is 0 Å². The molecule has 1 aliphatic heterocycles. The fraction of sp³-hybridized carbons (Fsp3) is 0.438. The Labute approximate surface area is 139 Å². The number of rotatable bonds is 5. The van der Waals surface area contributed by atoms with Crippen molar-refractivity contribution in [2.45, 2.75) is 18.9 Å². The van der Waals surface area contributed by atoms with Crippen LogP contribution in [0.4, 0.5) is 5.82 Å². The number of amides is 1. The molecule has 0 bridgehead atoms. The second kappa shape index (κ2) is 6.95. The van der Waals surface area contributed by atoms with Crippen molar-refractivity contribution in [3.05, 3.63) is 34.8 Å². The van der Waals surface area contributed by atoms with Crippen LogP contribution in [0, 0.1) is 0 Å². The summed E-state index contributed by atoms with van der Waals surface area (Å²) in [6.45, 7) is 1.60. The van der Waals surface area contributed by atoms with Crippen molar-refractivity contribution >= 4 is 23.1 Å². The summed E-state index contributed by atoms with van der Waals surface area (Å²) in [5.41, 5.74) is 0. The summed E-state index contributed by atoms with van der Waals surface area (Å²) < 4.78 is 5.28. The molecular weight excluding hydrogens is 312 g/mol. The first kappa shape index (κ1) is 15.7. The molecule has 0 aromatic carbocycles. The minimum Gasteiger partial charge on any atom is -0.478 e. The Morgan fingerprint density at radius 2 is 2.30 bits per heavy atom. The van der Waals surface area contributed by atoms with Gasteiger partial charge in [0.05, 0.1) is 19.6 Å². The third-order valence-electron chi connectivity index (χ3n) is 4.15. The van der Waals surface area contributed by atoms with Gasteiger partial charge in [0, 0.05) is 37.4 Å². The lowest BCUT2D eigenvalue weighted by molar-refractivity contribution is -0.130. The molecule has 0 spiro atoms. The van der Waals surface area contributed by atoms with E-state index in [1.807, 2.05) is 29.5 Å². The van der Waals surface area contributed by atoms with Gasteiger partial charge in [-0.3, -0.25) is 4.79 Å². The Morgan fingerprint density at radius 1 is 1.48 bits per heavy atom. The summed E-state index contributed by atoms with van der Waals surface area (Å²) in [6, 6.07) is 4.17. The summed E-state index contributed by atoms with van der Waals surface area (Å²) in [7, 11) is 3.48. The van der Waals surface area contributed by atoms with E-state index in [1.54, 1.807) is 30.8 Å². The molecule has 2 aromatic heterocycles. The molecule has 1 atom stereocenters. The molecule has 1 amide bonds. The van der Waals surface area contributed by atoms with Crippen LogP contribution >= 0.6 is 11.3 Å². The average molecular weight is 332 g/mol. The van der Waals surface area contributed by atoms with Gasteiger partial charge in [0.15, 0.2) is 5.82 Å². The highest BCUT2D eigenvalue weighted by Gasteiger charge is 2.30. The van der Waals surface area contributed by atoms with E-state index < -0.39 is 0 Å². The summed E-state index contributed by atoms with van der Waals surface area (Å²) in [5, 5.41) is 2.00. The largest absolute Gasteiger partial charge is 0.478 e. The van der Waals surface area contributed by atoms with Crippen molar-refractivity contribution in [3.8, 4) is 5.88 Å². The fourth-order valence-electron chi connectivity index (χ4n) is 2.82. The molecule has 1 saturated heterocycles. The van der Waals surface area contributed by atoms with E-state index in [0.29, 0.717) is 12.3 Å². The Kier molecular flexibility index (Phi) is 4.76. The molecule has 1 aliphatic rings. The van der Waals surface area contributed by atoms with E-state index in [9.17, 15) is 4.79 Å². The van der Waals surface area contributed by atoms with Gasteiger partial charge >= 0.3 is 0 Å². The number of carbonyl (C=O) groups excluding carboxylic acids is 1. The number of ether oxygens (including phenoxy) is 1. The smallest absolute Gasteiger partial charge is 0.257 e. The summed E-state index contributed by atoms with van der Waals surface area (Å²) in [6.07, 6.45) is 4.68. The molecule has 3 rings (SSSR count). The number of methoxy groups -OCH3 is 1. The lowest BCUT2D eigenvalue weighted by atomic mass is 10.2. The molecule has 1 fully saturated rings. The molecule has 0 radical (unpaired) electrons. The van der Waals surface area contributed by atoms with E-state index in [-0.39, 0.29) is 11.9 Å². The van der Waals surface area contributed by atoms with Crippen LogP contribution in [-0.2, 0) is 11.2 Å². The first-order valence-electron chi connectivity index (χ1n) is 7.57. The Bertz CT molecular complexity index is 662. The predicted molar refractivity (Wildman–Crippen MR) is 90.0 cm³/mol. The topological polar surface area (TPSA) is 58.6 Å². The van der Waals surface area contributed by atoms with Gasteiger partial charge in [-0.2, -0.15) is 0 Å². The second-order valence-electron chi connectivity index (χ2n) is 5.54. The van der Waals surface area contributed by atoms with Crippen molar-refractivity contribution in [1.29, 1.82) is 0 Å². The molecule has 6 nitrogen and oxygen atoms in total. The number of anilines is 1. The van der Waals surface area contributed by atoms with Gasteiger partial charge in [0.25, 0.3) is 5.88 Å². The highest BCUT2D eigenvalue weighted by Crippen LogP contribution is 2.27. The maximum absolute atomic E-state index is 12.4. The number of likely N-dealkylation sites (N-methyl/N-ethyl adjacent to an activating group) is 1. The van der Waals surface area contributed by atoms with Crippen LogP contribution in [0.3, 0.4) is 0 Å². The summed E-state index contributed by atoms with van der Waals surface area (Å²) >= 11 is 1.62. The molecule has 23 heavy (non-hydrogen) atoms. The highest BCUT2D eigenvalue weighted by atomic mass is 32.1. The Balaban J connectivity index is 1.63. The van der Waals surface area contributed by atoms with Gasteiger partial charge in [-0.1, -0.05) is 6.07 Å². The Hall–Kier alpha value is -2.15. The van der Waals surface area contributed by atoms with Gasteiger partial charge in [0.2, 0.25) is 5.91 Å². The van der Waals surface area contributed by atoms with Crippen molar-refractivity contribution in [3.63, 3.8) is 0 Å². The zero-order chi connectivity index (χ0) is 16.2. The van der Waals surface area contributed by atoms with E-state index in [0.717, 1.165) is 30.2 Å². The second-order valence-corrected chi connectivity index (χ2v) is 6.57. The van der Waals surface area contributed by atoms with Crippen molar-refractivity contribution < 1.29 is 9.53 Å². The predicted octanol–water partition coefficient (Wildman–Crippen LogP) is 1.83. The maximum Gasteiger partial charge on any atom is 0.257 e. The number of carbonyl (C=O) groups is 1. The quantitative estimate of drug-likeness (QED) is 0.836. The minimum atomic E-state index is 0.158. The SMILES string of the molecule is COc1nccnc1N1CC[C@@H](N(C)C(=O)Cc2cccs2)C1. The van der Waals surface area contributed by atoms with Crippen LogP contribution in [0.2, 0.25) is 0 Å². The lowest BCUT2D eigenvalue weighted by Gasteiger charge is -2.25. The third-order valence-corrected chi connectivity index (χ3v) is 5.03. The van der Waals surface area contributed by atoms with Crippen LogP contribution in [0.15, 0.2) is 29.9 Å². The number of hydrogen-bond donors (Lipinski definition) is 0. The monoisotopic (exact) mass is 332 g/mol. The number of nitrogens with zero attached hydrogens (tertiary/aromatic N) is 4. The number of thiophene rings is 1. The molecule has 122 valence electrons. The first-order chi connectivity index (χ1) is 11.2. The molecule has 0 unspecified atom stereocenters. The standard InChI is InChI=1S/C16H20N4O2S/c1-19(14(21)10-13-4-3-9-23-13)12-5-8-20(11-12)15-16(22-2)18-7-6-17-15/h3-4,6-7,9,12H,5,8,10-11H2,1-2H3/t12-/m1/s1. The van der Waals surface area contributed by atoms with E-state index in [4.69, 9.17) is 4.74 Å². The maximum atomic E-state index is 12.4.